The standard InChI is InChI=1S/C19H26N2O2/c1-20(16-9-5-2-3-6-10-16)19(23)15-13-18(22)21(14-15)17-11-7-4-8-12-17/h4,7-8,11-12,15-16H,2-3,5-6,9-10,13-14H2,1H3. The molecule has 1 heterocycles. The summed E-state index contributed by atoms with van der Waals surface area (Å²) in [5.41, 5.74) is 0.893. The summed E-state index contributed by atoms with van der Waals surface area (Å²) >= 11 is 0. The Labute approximate surface area is 138 Å². The molecule has 1 unspecified atom stereocenters. The van der Waals surface area contributed by atoms with E-state index in [-0.39, 0.29) is 17.7 Å². The van der Waals surface area contributed by atoms with E-state index in [1.54, 1.807) is 4.90 Å². The van der Waals surface area contributed by atoms with Crippen LogP contribution in [0.15, 0.2) is 30.3 Å². The van der Waals surface area contributed by atoms with Crippen molar-refractivity contribution in [3.8, 4) is 0 Å². The zero-order valence-corrected chi connectivity index (χ0v) is 13.9. The Morgan fingerprint density at radius 1 is 1.09 bits per heavy atom. The summed E-state index contributed by atoms with van der Waals surface area (Å²) in [6, 6.07) is 10.0. The number of hydrogen-bond donors (Lipinski definition) is 0. The SMILES string of the molecule is CN(C(=O)C1CC(=O)N(c2ccccc2)C1)C1CCCCCC1. The fourth-order valence-electron chi connectivity index (χ4n) is 3.84. The first-order chi connectivity index (χ1) is 11.2. The number of nitrogens with zero attached hydrogens (tertiary/aromatic N) is 2. The average molecular weight is 314 g/mol. The van der Waals surface area contributed by atoms with E-state index in [1.165, 1.54) is 25.7 Å². The van der Waals surface area contributed by atoms with E-state index in [4.69, 9.17) is 0 Å². The van der Waals surface area contributed by atoms with Crippen LogP contribution in [0.5, 0.6) is 0 Å². The molecule has 0 aromatic heterocycles. The van der Waals surface area contributed by atoms with Gasteiger partial charge in [0, 0.05) is 31.7 Å². The number of carbonyl (C=O) groups excluding carboxylic acids is 2. The second-order valence-corrected chi connectivity index (χ2v) is 6.84. The molecule has 23 heavy (non-hydrogen) atoms. The summed E-state index contributed by atoms with van der Waals surface area (Å²) in [6.45, 7) is 0.513. The molecule has 4 heteroatoms. The maximum Gasteiger partial charge on any atom is 0.228 e. The Hall–Kier alpha value is -1.84. The summed E-state index contributed by atoms with van der Waals surface area (Å²) in [6.07, 6.45) is 7.52. The second kappa shape index (κ2) is 7.16. The smallest absolute Gasteiger partial charge is 0.228 e. The highest BCUT2D eigenvalue weighted by Crippen LogP contribution is 2.28. The van der Waals surface area contributed by atoms with E-state index >= 15 is 0 Å². The van der Waals surface area contributed by atoms with Crippen molar-refractivity contribution in [3.63, 3.8) is 0 Å². The quantitative estimate of drug-likeness (QED) is 0.804. The summed E-state index contributed by atoms with van der Waals surface area (Å²) in [4.78, 5) is 28.8. The number of amides is 2. The molecule has 2 fully saturated rings. The van der Waals surface area contributed by atoms with Gasteiger partial charge in [0.2, 0.25) is 11.8 Å². The molecule has 2 aliphatic rings. The molecule has 1 aliphatic carbocycles. The first-order valence-electron chi connectivity index (χ1n) is 8.79. The lowest BCUT2D eigenvalue weighted by Gasteiger charge is -2.29. The second-order valence-electron chi connectivity index (χ2n) is 6.84. The number of hydrogen-bond acceptors (Lipinski definition) is 2. The zero-order chi connectivity index (χ0) is 16.2. The van der Waals surface area contributed by atoms with E-state index in [2.05, 4.69) is 0 Å². The van der Waals surface area contributed by atoms with E-state index in [0.717, 1.165) is 18.5 Å². The predicted molar refractivity (Wildman–Crippen MR) is 91.2 cm³/mol. The minimum absolute atomic E-state index is 0.0591. The summed E-state index contributed by atoms with van der Waals surface area (Å²) in [5, 5.41) is 0. The molecule has 0 N–H and O–H groups in total. The Morgan fingerprint density at radius 3 is 2.39 bits per heavy atom. The summed E-state index contributed by atoms with van der Waals surface area (Å²) < 4.78 is 0. The molecule has 3 rings (SSSR count). The van der Waals surface area contributed by atoms with Crippen molar-refractivity contribution >= 4 is 17.5 Å². The van der Waals surface area contributed by atoms with Gasteiger partial charge in [-0.05, 0) is 25.0 Å². The van der Waals surface area contributed by atoms with Crippen molar-refractivity contribution in [3.05, 3.63) is 30.3 Å². The number of anilines is 1. The number of para-hydroxylation sites is 1. The van der Waals surface area contributed by atoms with E-state index in [9.17, 15) is 9.59 Å². The fourth-order valence-corrected chi connectivity index (χ4v) is 3.84. The van der Waals surface area contributed by atoms with Crippen molar-refractivity contribution in [2.45, 2.75) is 51.0 Å². The molecule has 0 radical (unpaired) electrons. The predicted octanol–water partition coefficient (Wildman–Crippen LogP) is 3.22. The van der Waals surface area contributed by atoms with Crippen LogP contribution in [-0.2, 0) is 9.59 Å². The van der Waals surface area contributed by atoms with Gasteiger partial charge in [-0.25, -0.2) is 0 Å². The molecule has 1 atom stereocenters. The Kier molecular flexibility index (Phi) is 4.99. The monoisotopic (exact) mass is 314 g/mol. The van der Waals surface area contributed by atoms with Crippen LogP contribution < -0.4 is 4.90 Å². The number of rotatable bonds is 3. The van der Waals surface area contributed by atoms with E-state index in [0.29, 0.717) is 19.0 Å². The lowest BCUT2D eigenvalue weighted by molar-refractivity contribution is -0.136. The fraction of sp³-hybridized carbons (Fsp3) is 0.579. The molecule has 1 aliphatic heterocycles. The topological polar surface area (TPSA) is 40.6 Å². The molecule has 0 spiro atoms. The third-order valence-corrected chi connectivity index (χ3v) is 5.26. The third kappa shape index (κ3) is 3.57. The van der Waals surface area contributed by atoms with Gasteiger partial charge in [-0.1, -0.05) is 43.9 Å². The summed E-state index contributed by atoms with van der Waals surface area (Å²) in [7, 11) is 1.92. The number of benzene rings is 1. The highest BCUT2D eigenvalue weighted by atomic mass is 16.2. The first-order valence-corrected chi connectivity index (χ1v) is 8.79. The van der Waals surface area contributed by atoms with Crippen molar-refractivity contribution < 1.29 is 9.59 Å². The lowest BCUT2D eigenvalue weighted by atomic mass is 10.0. The number of carbonyl (C=O) groups is 2. The normalized spacial score (nSPS) is 22.9. The van der Waals surface area contributed by atoms with Crippen molar-refractivity contribution in [1.82, 2.24) is 4.90 Å². The molecule has 1 saturated heterocycles. The van der Waals surface area contributed by atoms with Crippen LogP contribution >= 0.6 is 0 Å². The van der Waals surface area contributed by atoms with Crippen molar-refractivity contribution in [2.24, 2.45) is 5.92 Å². The van der Waals surface area contributed by atoms with Gasteiger partial charge in [-0.15, -0.1) is 0 Å². The van der Waals surface area contributed by atoms with Gasteiger partial charge in [0.1, 0.15) is 0 Å². The van der Waals surface area contributed by atoms with Gasteiger partial charge in [0.15, 0.2) is 0 Å². The Balaban J connectivity index is 1.65. The highest BCUT2D eigenvalue weighted by molar-refractivity contribution is 6.00. The van der Waals surface area contributed by atoms with Crippen LogP contribution in [0.3, 0.4) is 0 Å². The van der Waals surface area contributed by atoms with Gasteiger partial charge in [-0.3, -0.25) is 9.59 Å². The zero-order valence-electron chi connectivity index (χ0n) is 13.9. The highest BCUT2D eigenvalue weighted by Gasteiger charge is 2.37. The van der Waals surface area contributed by atoms with Crippen molar-refractivity contribution in [1.29, 1.82) is 0 Å². The van der Waals surface area contributed by atoms with Crippen LogP contribution in [0, 0.1) is 5.92 Å². The van der Waals surface area contributed by atoms with Crippen LogP contribution in [0.25, 0.3) is 0 Å². The minimum Gasteiger partial charge on any atom is -0.342 e. The summed E-state index contributed by atoms with van der Waals surface area (Å²) in [5.74, 6) is 0.00320. The van der Waals surface area contributed by atoms with Gasteiger partial charge < -0.3 is 9.80 Å². The van der Waals surface area contributed by atoms with E-state index < -0.39 is 0 Å². The Bertz CT molecular complexity index is 550. The largest absolute Gasteiger partial charge is 0.342 e. The molecule has 2 amide bonds. The molecular weight excluding hydrogens is 288 g/mol. The molecule has 124 valence electrons. The molecule has 1 saturated carbocycles. The Morgan fingerprint density at radius 2 is 1.74 bits per heavy atom. The van der Waals surface area contributed by atoms with Gasteiger partial charge in [0.25, 0.3) is 0 Å². The maximum atomic E-state index is 12.8. The van der Waals surface area contributed by atoms with Gasteiger partial charge in [0.05, 0.1) is 5.92 Å². The molecule has 0 bridgehead atoms. The molecule has 1 aromatic rings. The lowest BCUT2D eigenvalue weighted by Crippen LogP contribution is -2.41. The molecule has 4 nitrogen and oxygen atoms in total. The van der Waals surface area contributed by atoms with Gasteiger partial charge in [-0.2, -0.15) is 0 Å². The van der Waals surface area contributed by atoms with Crippen LogP contribution in [0.4, 0.5) is 5.69 Å². The van der Waals surface area contributed by atoms with E-state index in [1.807, 2.05) is 42.3 Å². The van der Waals surface area contributed by atoms with Crippen LogP contribution in [0.2, 0.25) is 0 Å². The average Bonchev–Trinajstić information content (AvgIpc) is 2.79. The maximum absolute atomic E-state index is 12.8. The molecule has 1 aromatic carbocycles. The minimum atomic E-state index is -0.198. The first kappa shape index (κ1) is 16.0. The van der Waals surface area contributed by atoms with Crippen molar-refractivity contribution in [2.75, 3.05) is 18.5 Å². The van der Waals surface area contributed by atoms with Gasteiger partial charge >= 0.3 is 0 Å². The van der Waals surface area contributed by atoms with Crippen LogP contribution in [0.1, 0.15) is 44.9 Å². The third-order valence-electron chi connectivity index (χ3n) is 5.26. The molecular formula is C19H26N2O2. The van der Waals surface area contributed by atoms with Crippen LogP contribution in [-0.4, -0.2) is 36.3 Å².